The first-order valence-electron chi connectivity index (χ1n) is 8.67. The maximum Gasteiger partial charge on any atom is 0.326 e. The second-order valence-corrected chi connectivity index (χ2v) is 6.89. The second kappa shape index (κ2) is 6.19. The Morgan fingerprint density at radius 3 is 1.79 bits per heavy atom. The van der Waals surface area contributed by atoms with E-state index in [-0.39, 0.29) is 5.91 Å². The number of hydrogen-bond acceptors (Lipinski definition) is 5. The summed E-state index contributed by atoms with van der Waals surface area (Å²) in [5.41, 5.74) is 1.40. The molecule has 28 heavy (non-hydrogen) atoms. The smallest absolute Gasteiger partial charge is 0.326 e. The number of benzene rings is 2. The van der Waals surface area contributed by atoms with Gasteiger partial charge in [0.2, 0.25) is 0 Å². The predicted molar refractivity (Wildman–Crippen MR) is 97.7 cm³/mol. The first-order chi connectivity index (χ1) is 13.4. The molecule has 7 nitrogen and oxygen atoms in total. The Morgan fingerprint density at radius 1 is 0.893 bits per heavy atom. The van der Waals surface area contributed by atoms with Gasteiger partial charge in [-0.3, -0.25) is 9.69 Å². The Kier molecular flexibility index (Phi) is 3.92. The summed E-state index contributed by atoms with van der Waals surface area (Å²) in [7, 11) is 3.08. The largest absolute Gasteiger partial charge is 0.348 e. The lowest BCUT2D eigenvalue weighted by molar-refractivity contribution is -0.247. The van der Waals surface area contributed by atoms with Gasteiger partial charge in [0, 0.05) is 14.1 Å². The van der Waals surface area contributed by atoms with E-state index in [2.05, 4.69) is 12.1 Å². The Morgan fingerprint density at radius 2 is 1.36 bits per heavy atom. The van der Waals surface area contributed by atoms with Gasteiger partial charge >= 0.3 is 6.03 Å². The molecule has 0 saturated carbocycles. The zero-order valence-electron chi connectivity index (χ0n) is 15.3. The summed E-state index contributed by atoms with van der Waals surface area (Å²) in [6.45, 7) is 0. The summed E-state index contributed by atoms with van der Waals surface area (Å²) in [5, 5.41) is 18.2. The van der Waals surface area contributed by atoms with E-state index < -0.39 is 23.8 Å². The maximum atomic E-state index is 12.6. The monoisotopic (exact) mass is 372 g/mol. The average Bonchev–Trinajstić information content (AvgIpc) is 2.72. The molecule has 4 rings (SSSR count). The van der Waals surface area contributed by atoms with Gasteiger partial charge in [0.1, 0.15) is 11.6 Å². The van der Waals surface area contributed by atoms with E-state index in [1.807, 2.05) is 0 Å². The zero-order chi connectivity index (χ0) is 20.1. The number of nitriles is 2. The number of fused-ring (bicyclic) bond motifs is 1. The van der Waals surface area contributed by atoms with Crippen LogP contribution in [-0.4, -0.2) is 48.0 Å². The van der Waals surface area contributed by atoms with Crippen molar-refractivity contribution in [2.45, 2.75) is 17.7 Å². The summed E-state index contributed by atoms with van der Waals surface area (Å²) >= 11 is 0. The highest BCUT2D eigenvalue weighted by Crippen LogP contribution is 2.51. The first-order valence-corrected chi connectivity index (χ1v) is 8.67. The van der Waals surface area contributed by atoms with E-state index in [9.17, 15) is 9.59 Å². The maximum absolute atomic E-state index is 12.6. The lowest BCUT2D eigenvalue weighted by Gasteiger charge is -2.60. The number of rotatable bonds is 2. The van der Waals surface area contributed by atoms with Crippen LogP contribution in [0.2, 0.25) is 0 Å². The van der Waals surface area contributed by atoms with Crippen molar-refractivity contribution in [3.05, 3.63) is 70.8 Å². The topological polar surface area (TPSA) is 97.4 Å². The molecule has 2 fully saturated rings. The molecule has 2 saturated heterocycles. The van der Waals surface area contributed by atoms with Crippen LogP contribution in [0.3, 0.4) is 0 Å². The van der Waals surface area contributed by atoms with E-state index in [4.69, 9.17) is 15.3 Å². The summed E-state index contributed by atoms with van der Waals surface area (Å²) in [4.78, 5) is 27.7. The van der Waals surface area contributed by atoms with Gasteiger partial charge in [0.15, 0.2) is 6.10 Å². The number of likely N-dealkylation sites (N-methyl/N-ethyl adjacent to an activating group) is 2. The van der Waals surface area contributed by atoms with Gasteiger partial charge in [-0.25, -0.2) is 4.79 Å². The standard InChI is InChI=1S/C21H16N4O3/c1-24-18-17(19(26)25(2)20(24)27)28-21(18,15-7-3-13(11-22)4-8-15)16-9-5-14(12-23)6-10-16/h3-10,17-18H,1-2H3/t17-,18-/m0/s1. The molecule has 2 aliphatic rings. The Hall–Kier alpha value is -3.68. The van der Waals surface area contributed by atoms with Crippen LogP contribution in [0.15, 0.2) is 48.5 Å². The fraction of sp³-hybridized carbons (Fsp3) is 0.238. The van der Waals surface area contributed by atoms with Gasteiger partial charge < -0.3 is 9.64 Å². The van der Waals surface area contributed by atoms with Crippen molar-refractivity contribution < 1.29 is 14.3 Å². The normalized spacial score (nSPS) is 22.7. The van der Waals surface area contributed by atoms with Crippen molar-refractivity contribution in [3.8, 4) is 12.1 Å². The number of carbonyl (C=O) groups is 2. The molecule has 2 aromatic carbocycles. The SMILES string of the molecule is CN1C(=O)[C@H]2OC(c3ccc(C#N)cc3)(c3ccc(C#N)cc3)[C@H]2N(C)C1=O. The van der Waals surface area contributed by atoms with E-state index in [0.717, 1.165) is 16.0 Å². The minimum atomic E-state index is -1.06. The third-order valence-electron chi connectivity index (χ3n) is 5.48. The van der Waals surface area contributed by atoms with Crippen LogP contribution >= 0.6 is 0 Å². The van der Waals surface area contributed by atoms with E-state index in [1.54, 1.807) is 55.6 Å². The third-order valence-corrected chi connectivity index (χ3v) is 5.48. The van der Waals surface area contributed by atoms with E-state index >= 15 is 0 Å². The van der Waals surface area contributed by atoms with Gasteiger partial charge in [-0.15, -0.1) is 0 Å². The van der Waals surface area contributed by atoms with Crippen LogP contribution in [0, 0.1) is 22.7 Å². The zero-order valence-corrected chi connectivity index (χ0v) is 15.3. The molecule has 138 valence electrons. The van der Waals surface area contributed by atoms with E-state index in [0.29, 0.717) is 11.1 Å². The number of carbonyl (C=O) groups excluding carboxylic acids is 2. The van der Waals surface area contributed by atoms with Crippen molar-refractivity contribution in [2.24, 2.45) is 0 Å². The molecule has 0 spiro atoms. The lowest BCUT2D eigenvalue weighted by Crippen LogP contribution is -2.77. The van der Waals surface area contributed by atoms with Crippen LogP contribution in [-0.2, 0) is 15.1 Å². The third kappa shape index (κ3) is 2.24. The number of imide groups is 1. The first kappa shape index (κ1) is 17.7. The van der Waals surface area contributed by atoms with Crippen molar-refractivity contribution in [2.75, 3.05) is 14.1 Å². The highest BCUT2D eigenvalue weighted by atomic mass is 16.6. The van der Waals surface area contributed by atoms with Crippen molar-refractivity contribution in [3.63, 3.8) is 0 Å². The fourth-order valence-electron chi connectivity index (χ4n) is 4.01. The van der Waals surface area contributed by atoms with Gasteiger partial charge in [0.05, 0.1) is 23.3 Å². The van der Waals surface area contributed by atoms with Gasteiger partial charge in [0.25, 0.3) is 5.91 Å². The molecular weight excluding hydrogens is 356 g/mol. The molecule has 3 amide bonds. The fourth-order valence-corrected chi connectivity index (χ4v) is 4.01. The molecule has 0 radical (unpaired) electrons. The summed E-state index contributed by atoms with van der Waals surface area (Å²) < 4.78 is 6.20. The molecule has 0 N–H and O–H groups in total. The molecule has 0 aliphatic carbocycles. The second-order valence-electron chi connectivity index (χ2n) is 6.89. The summed E-state index contributed by atoms with van der Waals surface area (Å²) in [6.07, 6.45) is -0.779. The highest BCUT2D eigenvalue weighted by molar-refractivity contribution is 6.00. The van der Waals surface area contributed by atoms with Crippen molar-refractivity contribution in [1.29, 1.82) is 10.5 Å². The van der Waals surface area contributed by atoms with Crippen molar-refractivity contribution in [1.82, 2.24) is 9.80 Å². The van der Waals surface area contributed by atoms with Crippen molar-refractivity contribution >= 4 is 11.9 Å². The van der Waals surface area contributed by atoms with Gasteiger partial charge in [-0.2, -0.15) is 10.5 Å². The molecule has 0 bridgehead atoms. The predicted octanol–water partition coefficient (Wildman–Crippen LogP) is 1.96. The Bertz CT molecular complexity index is 972. The van der Waals surface area contributed by atoms with E-state index in [1.165, 1.54) is 11.9 Å². The summed E-state index contributed by atoms with van der Waals surface area (Å²) in [5.74, 6) is -0.383. The molecule has 2 atom stereocenters. The molecule has 2 aromatic rings. The lowest BCUT2D eigenvalue weighted by atomic mass is 9.71. The van der Waals surface area contributed by atoms with Gasteiger partial charge in [-0.1, -0.05) is 24.3 Å². The van der Waals surface area contributed by atoms with Crippen LogP contribution in [0.25, 0.3) is 0 Å². The number of urea groups is 1. The Labute approximate surface area is 162 Å². The molecule has 0 unspecified atom stereocenters. The van der Waals surface area contributed by atoms with Crippen LogP contribution in [0.4, 0.5) is 4.79 Å². The average molecular weight is 372 g/mol. The quantitative estimate of drug-likeness (QED) is 0.803. The number of nitrogens with zero attached hydrogens (tertiary/aromatic N) is 4. The molecule has 2 aliphatic heterocycles. The van der Waals surface area contributed by atoms with Gasteiger partial charge in [-0.05, 0) is 35.4 Å². The van der Waals surface area contributed by atoms with Crippen LogP contribution in [0.1, 0.15) is 22.3 Å². The number of hydrogen-bond donors (Lipinski definition) is 0. The molecule has 7 heteroatoms. The highest BCUT2D eigenvalue weighted by Gasteiger charge is 2.66. The minimum Gasteiger partial charge on any atom is -0.348 e. The molecule has 0 aromatic heterocycles. The number of ether oxygens (including phenoxy) is 1. The summed E-state index contributed by atoms with van der Waals surface area (Å²) in [6, 6.07) is 17.0. The molecule has 2 heterocycles. The Balaban J connectivity index is 1.88. The number of amides is 3. The van der Waals surface area contributed by atoms with Crippen LogP contribution in [0.5, 0.6) is 0 Å². The molecular formula is C21H16N4O3. The minimum absolute atomic E-state index is 0.383. The van der Waals surface area contributed by atoms with Crippen LogP contribution < -0.4 is 0 Å².